The molecule has 2 aromatic rings. The molecule has 3 nitrogen and oxygen atoms in total. The molecule has 1 saturated heterocycles. The molecule has 0 unspecified atom stereocenters. The van der Waals surface area contributed by atoms with Crippen molar-refractivity contribution in [2.24, 2.45) is 0 Å². The van der Waals surface area contributed by atoms with Crippen molar-refractivity contribution in [3.05, 3.63) is 47.2 Å². The van der Waals surface area contributed by atoms with Crippen molar-refractivity contribution in [2.75, 3.05) is 11.4 Å². The van der Waals surface area contributed by atoms with Gasteiger partial charge in [0.2, 0.25) is 5.91 Å². The van der Waals surface area contributed by atoms with Gasteiger partial charge in [-0.05, 0) is 36.2 Å². The minimum absolute atomic E-state index is 0.256. The van der Waals surface area contributed by atoms with E-state index >= 15 is 0 Å². The molecule has 1 aromatic heterocycles. The number of rotatable bonds is 2. The number of amides is 1. The van der Waals surface area contributed by atoms with Crippen LogP contribution in [0.2, 0.25) is 5.15 Å². The van der Waals surface area contributed by atoms with Crippen LogP contribution in [-0.2, 0) is 4.79 Å². The van der Waals surface area contributed by atoms with E-state index in [0.717, 1.165) is 4.90 Å². The summed E-state index contributed by atoms with van der Waals surface area (Å²) in [6.45, 7) is 0.342. The van der Waals surface area contributed by atoms with E-state index < -0.39 is 11.6 Å². The fourth-order valence-electron chi connectivity index (χ4n) is 2.42. The molecule has 6 heteroatoms. The van der Waals surface area contributed by atoms with Gasteiger partial charge in [-0.3, -0.25) is 4.79 Å². The zero-order chi connectivity index (χ0) is 15.0. The summed E-state index contributed by atoms with van der Waals surface area (Å²) in [7, 11) is 0. The molecule has 2 heterocycles. The second-order valence-electron chi connectivity index (χ2n) is 4.81. The standard InChI is InChI=1S/C15H11ClF2N2O/c16-13-4-3-9(8-19-13)10-6-11(17)15(12(18)7-10)20-5-1-2-14(20)21/h3-4,6-8H,1-2,5H2. The highest BCUT2D eigenvalue weighted by molar-refractivity contribution is 6.29. The lowest BCUT2D eigenvalue weighted by atomic mass is 10.1. The van der Waals surface area contributed by atoms with Gasteiger partial charge in [-0.2, -0.15) is 0 Å². The zero-order valence-corrected chi connectivity index (χ0v) is 11.7. The van der Waals surface area contributed by atoms with Crippen LogP contribution in [-0.4, -0.2) is 17.4 Å². The number of hydrogen-bond acceptors (Lipinski definition) is 2. The monoisotopic (exact) mass is 308 g/mol. The van der Waals surface area contributed by atoms with Crippen molar-refractivity contribution in [2.45, 2.75) is 12.8 Å². The van der Waals surface area contributed by atoms with Gasteiger partial charge in [-0.15, -0.1) is 0 Å². The third-order valence-corrected chi connectivity index (χ3v) is 3.64. The van der Waals surface area contributed by atoms with Crippen LogP contribution in [0.5, 0.6) is 0 Å². The van der Waals surface area contributed by atoms with Gasteiger partial charge < -0.3 is 4.90 Å². The van der Waals surface area contributed by atoms with E-state index in [2.05, 4.69) is 4.98 Å². The normalized spacial score (nSPS) is 14.8. The first-order valence-electron chi connectivity index (χ1n) is 6.47. The van der Waals surface area contributed by atoms with Gasteiger partial charge >= 0.3 is 0 Å². The van der Waals surface area contributed by atoms with Gasteiger partial charge in [0.1, 0.15) is 10.8 Å². The molecular weight excluding hydrogens is 298 g/mol. The summed E-state index contributed by atoms with van der Waals surface area (Å²) < 4.78 is 28.4. The number of hydrogen-bond donors (Lipinski definition) is 0. The SMILES string of the molecule is O=C1CCCN1c1c(F)cc(-c2ccc(Cl)nc2)cc1F. The molecule has 21 heavy (non-hydrogen) atoms. The van der Waals surface area contributed by atoms with Crippen LogP contribution in [0.25, 0.3) is 11.1 Å². The summed E-state index contributed by atoms with van der Waals surface area (Å²) in [4.78, 5) is 16.7. The van der Waals surface area contributed by atoms with Crippen LogP contribution in [0, 0.1) is 11.6 Å². The smallest absolute Gasteiger partial charge is 0.227 e. The quantitative estimate of drug-likeness (QED) is 0.790. The summed E-state index contributed by atoms with van der Waals surface area (Å²) in [6, 6.07) is 5.58. The van der Waals surface area contributed by atoms with E-state index in [1.807, 2.05) is 0 Å². The lowest BCUT2D eigenvalue weighted by Crippen LogP contribution is -2.26. The fraction of sp³-hybridized carbons (Fsp3) is 0.200. The third-order valence-electron chi connectivity index (χ3n) is 3.42. The average Bonchev–Trinajstić information content (AvgIpc) is 2.85. The van der Waals surface area contributed by atoms with Crippen LogP contribution in [0.4, 0.5) is 14.5 Å². The van der Waals surface area contributed by atoms with Crippen LogP contribution in [0.1, 0.15) is 12.8 Å². The molecule has 3 rings (SSSR count). The molecule has 1 aliphatic rings. The molecule has 0 atom stereocenters. The van der Waals surface area contributed by atoms with Gasteiger partial charge in [0.25, 0.3) is 0 Å². The van der Waals surface area contributed by atoms with Crippen molar-refractivity contribution < 1.29 is 13.6 Å². The molecule has 0 saturated carbocycles. The fourth-order valence-corrected chi connectivity index (χ4v) is 2.53. The molecule has 1 aliphatic heterocycles. The van der Waals surface area contributed by atoms with E-state index in [4.69, 9.17) is 11.6 Å². The van der Waals surface area contributed by atoms with Crippen molar-refractivity contribution >= 4 is 23.2 Å². The Kier molecular flexibility index (Phi) is 3.59. The van der Waals surface area contributed by atoms with Gasteiger partial charge in [-0.25, -0.2) is 13.8 Å². The maximum Gasteiger partial charge on any atom is 0.227 e. The largest absolute Gasteiger partial charge is 0.307 e. The first kappa shape index (κ1) is 13.9. The predicted molar refractivity (Wildman–Crippen MR) is 76.2 cm³/mol. The summed E-state index contributed by atoms with van der Waals surface area (Å²) >= 11 is 5.69. The number of carbonyl (C=O) groups excluding carboxylic acids is 1. The molecule has 0 N–H and O–H groups in total. The Labute approximate surface area is 125 Å². The van der Waals surface area contributed by atoms with E-state index in [-0.39, 0.29) is 11.6 Å². The van der Waals surface area contributed by atoms with Gasteiger partial charge in [-0.1, -0.05) is 11.6 Å². The Morgan fingerprint density at radius 2 is 1.86 bits per heavy atom. The number of nitrogens with zero attached hydrogens (tertiary/aromatic N) is 2. The van der Waals surface area contributed by atoms with Gasteiger partial charge in [0.15, 0.2) is 11.6 Å². The predicted octanol–water partition coefficient (Wildman–Crippen LogP) is 3.81. The first-order chi connectivity index (χ1) is 10.1. The number of aromatic nitrogens is 1. The summed E-state index contributed by atoms with van der Waals surface area (Å²) in [5, 5.41) is 0.305. The number of benzene rings is 1. The highest BCUT2D eigenvalue weighted by atomic mass is 35.5. The number of carbonyl (C=O) groups is 1. The van der Waals surface area contributed by atoms with Crippen molar-refractivity contribution in [1.82, 2.24) is 4.98 Å². The lowest BCUT2D eigenvalue weighted by Gasteiger charge is -2.18. The molecule has 1 aromatic carbocycles. The van der Waals surface area contributed by atoms with Crippen molar-refractivity contribution in [1.29, 1.82) is 0 Å². The maximum absolute atomic E-state index is 14.2. The minimum atomic E-state index is -0.754. The topological polar surface area (TPSA) is 33.2 Å². The van der Waals surface area contributed by atoms with Crippen LogP contribution in [0.3, 0.4) is 0 Å². The Morgan fingerprint density at radius 3 is 2.38 bits per heavy atom. The highest BCUT2D eigenvalue weighted by Crippen LogP contribution is 2.32. The Balaban J connectivity index is 2.03. The lowest BCUT2D eigenvalue weighted by molar-refractivity contribution is -0.117. The Hall–Kier alpha value is -2.01. The molecule has 1 fully saturated rings. The van der Waals surface area contributed by atoms with E-state index in [0.29, 0.717) is 35.7 Å². The number of anilines is 1. The summed E-state index contributed by atoms with van der Waals surface area (Å²) in [6.07, 6.45) is 2.37. The second-order valence-corrected chi connectivity index (χ2v) is 5.19. The molecule has 108 valence electrons. The third kappa shape index (κ3) is 2.61. The Morgan fingerprint density at radius 1 is 1.14 bits per heavy atom. The molecule has 0 aliphatic carbocycles. The molecule has 0 radical (unpaired) electrons. The van der Waals surface area contributed by atoms with Gasteiger partial charge in [0, 0.05) is 24.7 Å². The Bertz CT molecular complexity index is 680. The second kappa shape index (κ2) is 5.41. The van der Waals surface area contributed by atoms with E-state index in [9.17, 15) is 13.6 Å². The van der Waals surface area contributed by atoms with Crippen LogP contribution >= 0.6 is 11.6 Å². The average molecular weight is 309 g/mol. The minimum Gasteiger partial charge on any atom is -0.307 e. The number of pyridine rings is 1. The van der Waals surface area contributed by atoms with Crippen LogP contribution in [0.15, 0.2) is 30.5 Å². The first-order valence-corrected chi connectivity index (χ1v) is 6.85. The summed E-state index contributed by atoms with van der Waals surface area (Å²) in [5.74, 6) is -1.76. The van der Waals surface area contributed by atoms with E-state index in [1.54, 1.807) is 12.1 Å². The van der Waals surface area contributed by atoms with E-state index in [1.165, 1.54) is 18.3 Å². The number of halogens is 3. The molecule has 0 spiro atoms. The summed E-state index contributed by atoms with van der Waals surface area (Å²) in [5.41, 5.74) is 0.629. The molecule has 0 bridgehead atoms. The van der Waals surface area contributed by atoms with Crippen LogP contribution < -0.4 is 4.90 Å². The molecular formula is C15H11ClF2N2O. The maximum atomic E-state index is 14.2. The van der Waals surface area contributed by atoms with Gasteiger partial charge in [0.05, 0.1) is 0 Å². The highest BCUT2D eigenvalue weighted by Gasteiger charge is 2.27. The zero-order valence-electron chi connectivity index (χ0n) is 10.9. The van der Waals surface area contributed by atoms with Crippen molar-refractivity contribution in [3.8, 4) is 11.1 Å². The molecule has 1 amide bonds. The van der Waals surface area contributed by atoms with Crippen molar-refractivity contribution in [3.63, 3.8) is 0 Å².